The molecule has 4 heteroatoms. The molecule has 1 aliphatic rings. The Bertz CT molecular complexity index is 255. The van der Waals surface area contributed by atoms with Crippen molar-refractivity contribution in [2.75, 3.05) is 19.8 Å². The van der Waals surface area contributed by atoms with Gasteiger partial charge in [0.05, 0.1) is 0 Å². The molecule has 15 heavy (non-hydrogen) atoms. The molecule has 0 amide bonds. The minimum absolute atomic E-state index is 0.663. The van der Waals surface area contributed by atoms with Gasteiger partial charge in [-0.3, -0.25) is 4.68 Å². The van der Waals surface area contributed by atoms with Crippen LogP contribution in [0.3, 0.4) is 0 Å². The molecule has 2 rings (SSSR count). The van der Waals surface area contributed by atoms with Crippen LogP contribution < -0.4 is 5.32 Å². The highest BCUT2D eigenvalue weighted by Gasteiger charge is 2.11. The lowest BCUT2D eigenvalue weighted by Gasteiger charge is -2.23. The van der Waals surface area contributed by atoms with Crippen LogP contribution in [0.2, 0.25) is 0 Å². The van der Waals surface area contributed by atoms with E-state index in [1.807, 2.05) is 23.1 Å². The quantitative estimate of drug-likeness (QED) is 0.736. The summed E-state index contributed by atoms with van der Waals surface area (Å²) in [5, 5.41) is 7.73. The average Bonchev–Trinajstić information content (AvgIpc) is 2.79. The molecule has 1 saturated heterocycles. The molecule has 1 aromatic rings. The first-order valence-corrected chi connectivity index (χ1v) is 5.74. The van der Waals surface area contributed by atoms with Crippen LogP contribution in [0.4, 0.5) is 0 Å². The van der Waals surface area contributed by atoms with Gasteiger partial charge in [-0.2, -0.15) is 5.10 Å². The van der Waals surface area contributed by atoms with Crippen molar-refractivity contribution in [1.82, 2.24) is 15.1 Å². The van der Waals surface area contributed by atoms with Crippen molar-refractivity contribution in [2.24, 2.45) is 0 Å². The largest absolute Gasteiger partial charge is 0.381 e. The van der Waals surface area contributed by atoms with Gasteiger partial charge in [-0.1, -0.05) is 0 Å². The number of aryl methyl sites for hydroxylation is 1. The van der Waals surface area contributed by atoms with Crippen LogP contribution in [0.25, 0.3) is 0 Å². The second-order valence-electron chi connectivity index (χ2n) is 3.96. The molecule has 0 atom stereocenters. The molecule has 1 fully saturated rings. The summed E-state index contributed by atoms with van der Waals surface area (Å²) in [5.41, 5.74) is 0. The topological polar surface area (TPSA) is 39.1 Å². The van der Waals surface area contributed by atoms with Crippen LogP contribution in [-0.2, 0) is 11.3 Å². The number of hydrogen-bond acceptors (Lipinski definition) is 3. The van der Waals surface area contributed by atoms with Crippen LogP contribution in [0.1, 0.15) is 19.3 Å². The molecule has 2 heterocycles. The van der Waals surface area contributed by atoms with Crippen LogP contribution in [-0.4, -0.2) is 35.6 Å². The van der Waals surface area contributed by atoms with E-state index in [-0.39, 0.29) is 0 Å². The van der Waals surface area contributed by atoms with Crippen molar-refractivity contribution in [3.8, 4) is 0 Å². The molecule has 84 valence electrons. The van der Waals surface area contributed by atoms with Crippen molar-refractivity contribution in [2.45, 2.75) is 31.8 Å². The second kappa shape index (κ2) is 5.88. The number of nitrogens with zero attached hydrogens (tertiary/aromatic N) is 2. The lowest BCUT2D eigenvalue weighted by atomic mass is 10.1. The maximum atomic E-state index is 5.31. The van der Waals surface area contributed by atoms with Gasteiger partial charge >= 0.3 is 0 Å². The molecule has 1 aromatic heterocycles. The number of rotatable bonds is 5. The maximum absolute atomic E-state index is 5.31. The highest BCUT2D eigenvalue weighted by Crippen LogP contribution is 2.05. The fourth-order valence-corrected chi connectivity index (χ4v) is 1.88. The number of aromatic nitrogens is 2. The van der Waals surface area contributed by atoms with Gasteiger partial charge < -0.3 is 10.1 Å². The first-order chi connectivity index (χ1) is 7.45. The number of hydrogen-bond donors (Lipinski definition) is 1. The van der Waals surface area contributed by atoms with E-state index in [4.69, 9.17) is 4.74 Å². The van der Waals surface area contributed by atoms with Gasteiger partial charge in [0.2, 0.25) is 0 Å². The molecule has 1 aliphatic heterocycles. The molecular formula is C11H19N3O. The molecule has 4 nitrogen and oxygen atoms in total. The summed E-state index contributed by atoms with van der Waals surface area (Å²) in [4.78, 5) is 0. The molecule has 0 radical (unpaired) electrons. The Kier molecular flexibility index (Phi) is 4.17. The lowest BCUT2D eigenvalue weighted by Crippen LogP contribution is -2.35. The van der Waals surface area contributed by atoms with E-state index >= 15 is 0 Å². The summed E-state index contributed by atoms with van der Waals surface area (Å²) in [5.74, 6) is 0. The molecule has 0 aliphatic carbocycles. The summed E-state index contributed by atoms with van der Waals surface area (Å²) < 4.78 is 7.29. The first-order valence-electron chi connectivity index (χ1n) is 5.74. The third kappa shape index (κ3) is 3.64. The summed E-state index contributed by atoms with van der Waals surface area (Å²) >= 11 is 0. The van der Waals surface area contributed by atoms with Crippen molar-refractivity contribution in [3.63, 3.8) is 0 Å². The maximum Gasteiger partial charge on any atom is 0.0489 e. The van der Waals surface area contributed by atoms with Crippen molar-refractivity contribution < 1.29 is 4.74 Å². The van der Waals surface area contributed by atoms with E-state index in [1.54, 1.807) is 0 Å². The van der Waals surface area contributed by atoms with Gasteiger partial charge in [0.1, 0.15) is 0 Å². The van der Waals surface area contributed by atoms with Crippen molar-refractivity contribution >= 4 is 0 Å². The highest BCUT2D eigenvalue weighted by atomic mass is 16.5. The highest BCUT2D eigenvalue weighted by molar-refractivity contribution is 4.77. The van der Waals surface area contributed by atoms with Gasteiger partial charge in [0, 0.05) is 38.2 Å². The summed E-state index contributed by atoms with van der Waals surface area (Å²) in [7, 11) is 0. The average molecular weight is 209 g/mol. The predicted octanol–water partition coefficient (Wildman–Crippen LogP) is 1.04. The molecule has 1 N–H and O–H groups in total. The Morgan fingerprint density at radius 2 is 2.27 bits per heavy atom. The van der Waals surface area contributed by atoms with E-state index in [2.05, 4.69) is 10.4 Å². The minimum Gasteiger partial charge on any atom is -0.381 e. The van der Waals surface area contributed by atoms with Crippen LogP contribution in [0.5, 0.6) is 0 Å². The molecule has 0 saturated carbocycles. The lowest BCUT2D eigenvalue weighted by molar-refractivity contribution is 0.0779. The van der Waals surface area contributed by atoms with Crippen LogP contribution in [0.15, 0.2) is 18.5 Å². The zero-order valence-corrected chi connectivity index (χ0v) is 9.06. The normalized spacial score (nSPS) is 18.1. The molecular weight excluding hydrogens is 190 g/mol. The van der Waals surface area contributed by atoms with Crippen LogP contribution in [0, 0.1) is 0 Å². The van der Waals surface area contributed by atoms with E-state index < -0.39 is 0 Å². The van der Waals surface area contributed by atoms with Crippen molar-refractivity contribution in [1.29, 1.82) is 0 Å². The standard InChI is InChI=1S/C11H19N3O/c1(7-14-8-2-6-13-14)5-12-11-3-9-15-10-4-11/h2,6,8,11-12H,1,3-5,7,9-10H2. The number of nitrogens with one attached hydrogen (secondary N) is 1. The zero-order valence-electron chi connectivity index (χ0n) is 9.06. The Morgan fingerprint density at radius 3 is 3.00 bits per heavy atom. The number of ether oxygens (including phenoxy) is 1. The van der Waals surface area contributed by atoms with E-state index in [0.717, 1.165) is 45.6 Å². The van der Waals surface area contributed by atoms with Gasteiger partial charge in [-0.25, -0.2) is 0 Å². The second-order valence-corrected chi connectivity index (χ2v) is 3.96. The summed E-state index contributed by atoms with van der Waals surface area (Å²) in [6.07, 6.45) is 7.28. The van der Waals surface area contributed by atoms with E-state index in [1.165, 1.54) is 0 Å². The molecule has 0 unspecified atom stereocenters. The Hall–Kier alpha value is -0.870. The molecule has 0 spiro atoms. The summed E-state index contributed by atoms with van der Waals surface area (Å²) in [6, 6.07) is 2.63. The SMILES string of the molecule is c1cnn(CCCNC2CCOCC2)c1. The van der Waals surface area contributed by atoms with Gasteiger partial charge in [-0.15, -0.1) is 0 Å². The monoisotopic (exact) mass is 209 g/mol. The van der Waals surface area contributed by atoms with Crippen molar-refractivity contribution in [3.05, 3.63) is 18.5 Å². The smallest absolute Gasteiger partial charge is 0.0489 e. The van der Waals surface area contributed by atoms with Gasteiger partial charge in [0.15, 0.2) is 0 Å². The Balaban J connectivity index is 1.54. The van der Waals surface area contributed by atoms with Gasteiger partial charge in [0.25, 0.3) is 0 Å². The molecule has 0 bridgehead atoms. The van der Waals surface area contributed by atoms with E-state index in [9.17, 15) is 0 Å². The Morgan fingerprint density at radius 1 is 1.40 bits per heavy atom. The fraction of sp³-hybridized carbons (Fsp3) is 0.727. The van der Waals surface area contributed by atoms with Crippen LogP contribution >= 0.6 is 0 Å². The Labute approximate surface area is 90.6 Å². The minimum atomic E-state index is 0.663. The molecule has 0 aromatic carbocycles. The van der Waals surface area contributed by atoms with Gasteiger partial charge in [-0.05, 0) is 31.9 Å². The third-order valence-electron chi connectivity index (χ3n) is 2.78. The van der Waals surface area contributed by atoms with E-state index in [0.29, 0.717) is 6.04 Å². The predicted molar refractivity (Wildman–Crippen MR) is 58.7 cm³/mol. The zero-order chi connectivity index (χ0) is 10.3. The summed E-state index contributed by atoms with van der Waals surface area (Å²) in [6.45, 7) is 3.90. The third-order valence-corrected chi connectivity index (χ3v) is 2.78. The fourth-order valence-electron chi connectivity index (χ4n) is 1.88. The first kappa shape index (κ1) is 10.6.